The summed E-state index contributed by atoms with van der Waals surface area (Å²) in [5, 5.41) is 3.43. The molecule has 0 aliphatic carbocycles. The Balaban J connectivity index is 2.11. The molecule has 1 saturated heterocycles. The minimum atomic E-state index is -1.05. The van der Waals surface area contributed by atoms with E-state index in [0.717, 1.165) is 30.2 Å². The third-order valence-electron chi connectivity index (χ3n) is 3.34. The molecular formula is C14H21NO3S. The Morgan fingerprint density at radius 2 is 2.16 bits per heavy atom. The summed E-state index contributed by atoms with van der Waals surface area (Å²) in [6, 6.07) is 7.69. The second-order valence-electron chi connectivity index (χ2n) is 4.54. The van der Waals surface area contributed by atoms with Crippen LogP contribution in [-0.2, 0) is 15.5 Å². The molecule has 106 valence electrons. The molecular weight excluding hydrogens is 262 g/mol. The maximum absolute atomic E-state index is 12.6. The van der Waals surface area contributed by atoms with Gasteiger partial charge in [-0.3, -0.25) is 4.21 Å². The molecule has 4 nitrogen and oxygen atoms in total. The van der Waals surface area contributed by atoms with Gasteiger partial charge in [0.2, 0.25) is 0 Å². The van der Waals surface area contributed by atoms with Gasteiger partial charge in [-0.25, -0.2) is 0 Å². The van der Waals surface area contributed by atoms with Gasteiger partial charge in [0.15, 0.2) is 0 Å². The van der Waals surface area contributed by atoms with Crippen molar-refractivity contribution < 1.29 is 13.7 Å². The Labute approximate surface area is 116 Å². The summed E-state index contributed by atoms with van der Waals surface area (Å²) in [5.41, 5.74) is 0. The largest absolute Gasteiger partial charge is 0.497 e. The molecule has 1 fully saturated rings. The van der Waals surface area contributed by atoms with E-state index in [2.05, 4.69) is 12.2 Å². The van der Waals surface area contributed by atoms with Gasteiger partial charge in [0.05, 0.1) is 29.8 Å². The third-order valence-corrected chi connectivity index (χ3v) is 5.09. The number of benzene rings is 1. The first kappa shape index (κ1) is 14.5. The Kier molecular flexibility index (Phi) is 5.36. The van der Waals surface area contributed by atoms with E-state index in [9.17, 15) is 4.21 Å². The molecule has 19 heavy (non-hydrogen) atoms. The second-order valence-corrected chi connectivity index (χ2v) is 6.21. The molecule has 1 aliphatic rings. The van der Waals surface area contributed by atoms with E-state index in [1.54, 1.807) is 7.11 Å². The molecule has 2 rings (SSSR count). The zero-order valence-corrected chi connectivity index (χ0v) is 12.2. The third kappa shape index (κ3) is 3.55. The number of rotatable bonds is 5. The summed E-state index contributed by atoms with van der Waals surface area (Å²) in [5.74, 6) is 0.781. The van der Waals surface area contributed by atoms with Crippen LogP contribution in [0.5, 0.6) is 5.75 Å². The summed E-state index contributed by atoms with van der Waals surface area (Å²) in [6.45, 7) is 4.26. The average Bonchev–Trinajstić information content (AvgIpc) is 2.47. The second kappa shape index (κ2) is 7.03. The lowest BCUT2D eigenvalue weighted by Crippen LogP contribution is -2.48. The highest BCUT2D eigenvalue weighted by Gasteiger charge is 2.30. The number of hydrogen-bond donors (Lipinski definition) is 1. The van der Waals surface area contributed by atoms with E-state index in [-0.39, 0.29) is 11.3 Å². The van der Waals surface area contributed by atoms with Crippen molar-refractivity contribution in [2.75, 3.05) is 26.9 Å². The van der Waals surface area contributed by atoms with Crippen molar-refractivity contribution in [2.45, 2.75) is 29.5 Å². The molecule has 1 heterocycles. The lowest BCUT2D eigenvalue weighted by Gasteiger charge is -2.31. The maximum atomic E-state index is 12.6. The standard InChI is InChI=1S/C14H21NO3S/c1-3-15-13-8-9-18-10-14(13)19(16)12-6-4-11(17-2)5-7-12/h4-7,13-15H,3,8-10H2,1-2H3. The van der Waals surface area contributed by atoms with Crippen LogP contribution in [0, 0.1) is 0 Å². The van der Waals surface area contributed by atoms with Gasteiger partial charge in [-0.1, -0.05) is 6.92 Å². The van der Waals surface area contributed by atoms with Crippen LogP contribution in [0.2, 0.25) is 0 Å². The van der Waals surface area contributed by atoms with Gasteiger partial charge >= 0.3 is 0 Å². The molecule has 3 atom stereocenters. The van der Waals surface area contributed by atoms with Crippen molar-refractivity contribution in [1.82, 2.24) is 5.32 Å². The smallest absolute Gasteiger partial charge is 0.118 e. The van der Waals surface area contributed by atoms with Gasteiger partial charge in [-0.05, 0) is 37.2 Å². The molecule has 0 bridgehead atoms. The minimum absolute atomic E-state index is 0.0158. The van der Waals surface area contributed by atoms with E-state index >= 15 is 0 Å². The fourth-order valence-electron chi connectivity index (χ4n) is 2.30. The average molecular weight is 283 g/mol. The number of hydrogen-bond acceptors (Lipinski definition) is 4. The molecule has 5 heteroatoms. The van der Waals surface area contributed by atoms with Crippen LogP contribution in [0.3, 0.4) is 0 Å². The van der Waals surface area contributed by atoms with Gasteiger partial charge < -0.3 is 14.8 Å². The van der Waals surface area contributed by atoms with Crippen molar-refractivity contribution >= 4 is 10.8 Å². The molecule has 1 aliphatic heterocycles. The quantitative estimate of drug-likeness (QED) is 0.891. The summed E-state index contributed by atoms with van der Waals surface area (Å²) >= 11 is 0. The Morgan fingerprint density at radius 3 is 2.79 bits per heavy atom. The monoisotopic (exact) mass is 283 g/mol. The van der Waals surface area contributed by atoms with Crippen LogP contribution in [0.4, 0.5) is 0 Å². The molecule has 0 radical (unpaired) electrons. The normalized spacial score (nSPS) is 24.9. The zero-order valence-electron chi connectivity index (χ0n) is 11.4. The molecule has 0 aromatic heterocycles. The van der Waals surface area contributed by atoms with Crippen LogP contribution in [0.15, 0.2) is 29.2 Å². The van der Waals surface area contributed by atoms with Gasteiger partial charge in [-0.15, -0.1) is 0 Å². The summed E-state index contributed by atoms with van der Waals surface area (Å²) in [4.78, 5) is 0.833. The van der Waals surface area contributed by atoms with Crippen molar-refractivity contribution in [3.8, 4) is 5.75 Å². The van der Waals surface area contributed by atoms with Crippen LogP contribution in [0.25, 0.3) is 0 Å². The topological polar surface area (TPSA) is 47.6 Å². The Morgan fingerprint density at radius 1 is 1.42 bits per heavy atom. The highest BCUT2D eigenvalue weighted by Crippen LogP contribution is 2.21. The molecule has 1 aromatic carbocycles. The van der Waals surface area contributed by atoms with Crippen molar-refractivity contribution in [3.63, 3.8) is 0 Å². The summed E-state index contributed by atoms with van der Waals surface area (Å²) in [6.07, 6.45) is 0.917. The predicted molar refractivity (Wildman–Crippen MR) is 76.1 cm³/mol. The fraction of sp³-hybridized carbons (Fsp3) is 0.571. The van der Waals surface area contributed by atoms with Gasteiger partial charge in [-0.2, -0.15) is 0 Å². The van der Waals surface area contributed by atoms with Crippen molar-refractivity contribution in [3.05, 3.63) is 24.3 Å². The molecule has 0 amide bonds. The van der Waals surface area contributed by atoms with E-state index in [1.807, 2.05) is 24.3 Å². The lowest BCUT2D eigenvalue weighted by atomic mass is 10.1. The van der Waals surface area contributed by atoms with E-state index in [0.29, 0.717) is 6.61 Å². The lowest BCUT2D eigenvalue weighted by molar-refractivity contribution is 0.0824. The first-order valence-electron chi connectivity index (χ1n) is 6.62. The highest BCUT2D eigenvalue weighted by molar-refractivity contribution is 7.85. The minimum Gasteiger partial charge on any atom is -0.497 e. The summed E-state index contributed by atoms with van der Waals surface area (Å²) in [7, 11) is 0.572. The van der Waals surface area contributed by atoms with Crippen molar-refractivity contribution in [1.29, 1.82) is 0 Å². The Bertz CT molecular complexity index is 419. The van der Waals surface area contributed by atoms with E-state index < -0.39 is 10.8 Å². The SMILES string of the molecule is CCNC1CCOCC1S(=O)c1ccc(OC)cc1. The maximum Gasteiger partial charge on any atom is 0.118 e. The molecule has 1 N–H and O–H groups in total. The number of methoxy groups -OCH3 is 1. The van der Waals surface area contributed by atoms with Crippen LogP contribution >= 0.6 is 0 Å². The molecule has 0 spiro atoms. The van der Waals surface area contributed by atoms with E-state index in [1.165, 1.54) is 0 Å². The van der Waals surface area contributed by atoms with Gasteiger partial charge in [0, 0.05) is 17.5 Å². The summed E-state index contributed by atoms with van der Waals surface area (Å²) < 4.78 is 23.2. The molecule has 1 aromatic rings. The van der Waals surface area contributed by atoms with E-state index in [4.69, 9.17) is 9.47 Å². The van der Waals surface area contributed by atoms with Crippen molar-refractivity contribution in [2.24, 2.45) is 0 Å². The van der Waals surface area contributed by atoms with Crippen LogP contribution in [-0.4, -0.2) is 42.4 Å². The molecule has 0 saturated carbocycles. The fourth-order valence-corrected chi connectivity index (χ4v) is 3.81. The number of ether oxygens (including phenoxy) is 2. The van der Waals surface area contributed by atoms with Gasteiger partial charge in [0.1, 0.15) is 5.75 Å². The Hall–Kier alpha value is -0.910. The van der Waals surface area contributed by atoms with Crippen LogP contribution < -0.4 is 10.1 Å². The highest BCUT2D eigenvalue weighted by atomic mass is 32.2. The van der Waals surface area contributed by atoms with Crippen LogP contribution in [0.1, 0.15) is 13.3 Å². The first-order valence-corrected chi connectivity index (χ1v) is 7.83. The molecule has 3 unspecified atom stereocenters. The van der Waals surface area contributed by atoms with Gasteiger partial charge in [0.25, 0.3) is 0 Å². The zero-order chi connectivity index (χ0) is 13.7. The number of nitrogens with one attached hydrogen (secondary N) is 1. The predicted octanol–water partition coefficient (Wildman–Crippen LogP) is 1.57. The first-order chi connectivity index (χ1) is 9.26.